The van der Waals surface area contributed by atoms with E-state index in [-0.39, 0.29) is 12.5 Å². The first-order valence-corrected chi connectivity index (χ1v) is 8.24. The van der Waals surface area contributed by atoms with Crippen molar-refractivity contribution in [1.82, 2.24) is 15.2 Å². The lowest BCUT2D eigenvalue weighted by atomic mass is 10.2. The van der Waals surface area contributed by atoms with Crippen LogP contribution in [-0.2, 0) is 14.3 Å². The molecule has 0 atom stereocenters. The largest absolute Gasteiger partial charge is 0.452 e. The molecule has 0 bridgehead atoms. The van der Waals surface area contributed by atoms with Gasteiger partial charge in [0.15, 0.2) is 6.61 Å². The Hall–Kier alpha value is -3.09. The van der Waals surface area contributed by atoms with Crippen LogP contribution in [0, 0.1) is 20.8 Å². The molecular weight excluding hydrogens is 334 g/mol. The molecule has 0 spiro atoms. The highest BCUT2D eigenvalue weighted by Gasteiger charge is 2.19. The predicted octanol–water partition coefficient (Wildman–Crippen LogP) is 1.42. The first-order valence-electron chi connectivity index (χ1n) is 8.24. The number of nitrogens with zero attached hydrogens (tertiary/aromatic N) is 1. The molecule has 1 heterocycles. The number of rotatable bonds is 6. The Morgan fingerprint density at radius 2 is 1.81 bits per heavy atom. The summed E-state index contributed by atoms with van der Waals surface area (Å²) in [5.41, 5.74) is 4.12. The van der Waals surface area contributed by atoms with Gasteiger partial charge >= 0.3 is 5.97 Å². The number of carbonyl (C=O) groups is 3. The van der Waals surface area contributed by atoms with Crippen molar-refractivity contribution in [3.63, 3.8) is 0 Å². The molecule has 0 fully saturated rings. The Labute approximate surface area is 152 Å². The molecule has 2 rings (SSSR count). The lowest BCUT2D eigenvalue weighted by molar-refractivity contribution is -0.127. The molecule has 7 nitrogen and oxygen atoms in total. The minimum atomic E-state index is -0.577. The number of aryl methyl sites for hydroxylation is 2. The molecule has 7 heteroatoms. The van der Waals surface area contributed by atoms with Crippen LogP contribution in [0.15, 0.2) is 30.3 Å². The molecule has 0 unspecified atom stereocenters. The molecule has 0 saturated carbocycles. The first-order chi connectivity index (χ1) is 12.3. The highest BCUT2D eigenvalue weighted by Crippen LogP contribution is 2.22. The standard InChI is InChI=1S/C19H23N3O4/c1-12-6-5-7-15(8-12)22-13(2)9-16(14(22)3)19(25)26-11-18(24)21-10-17(23)20-4/h5-9H,10-11H2,1-4H3,(H,20,23)(H,21,24). The maximum atomic E-state index is 12.3. The minimum absolute atomic E-state index is 0.158. The number of amides is 2. The predicted molar refractivity (Wildman–Crippen MR) is 97.3 cm³/mol. The van der Waals surface area contributed by atoms with Crippen molar-refractivity contribution in [2.45, 2.75) is 20.8 Å². The van der Waals surface area contributed by atoms with Crippen molar-refractivity contribution in [1.29, 1.82) is 0 Å². The second-order valence-corrected chi connectivity index (χ2v) is 5.99. The fraction of sp³-hybridized carbons (Fsp3) is 0.316. The van der Waals surface area contributed by atoms with E-state index in [1.807, 2.05) is 49.6 Å². The van der Waals surface area contributed by atoms with Crippen molar-refractivity contribution in [3.8, 4) is 5.69 Å². The van der Waals surface area contributed by atoms with Crippen LogP contribution in [0.4, 0.5) is 0 Å². The van der Waals surface area contributed by atoms with E-state index in [0.29, 0.717) is 5.56 Å². The number of hydrogen-bond acceptors (Lipinski definition) is 4. The van der Waals surface area contributed by atoms with Crippen LogP contribution in [0.1, 0.15) is 27.3 Å². The maximum absolute atomic E-state index is 12.3. The molecule has 1 aromatic carbocycles. The van der Waals surface area contributed by atoms with Crippen LogP contribution in [0.2, 0.25) is 0 Å². The quantitative estimate of drug-likeness (QED) is 0.765. The van der Waals surface area contributed by atoms with Crippen LogP contribution in [0.5, 0.6) is 0 Å². The number of nitrogens with one attached hydrogen (secondary N) is 2. The van der Waals surface area contributed by atoms with E-state index in [4.69, 9.17) is 4.74 Å². The van der Waals surface area contributed by atoms with Crippen LogP contribution in [-0.4, -0.2) is 42.6 Å². The van der Waals surface area contributed by atoms with Gasteiger partial charge < -0.3 is 19.9 Å². The number of aromatic nitrogens is 1. The summed E-state index contributed by atoms with van der Waals surface area (Å²) in [4.78, 5) is 35.1. The lowest BCUT2D eigenvalue weighted by Crippen LogP contribution is -2.37. The fourth-order valence-electron chi connectivity index (χ4n) is 2.66. The van der Waals surface area contributed by atoms with E-state index in [0.717, 1.165) is 22.6 Å². The van der Waals surface area contributed by atoms with Crippen molar-refractivity contribution < 1.29 is 19.1 Å². The number of benzene rings is 1. The molecule has 0 radical (unpaired) electrons. The molecule has 0 aliphatic heterocycles. The number of esters is 1. The summed E-state index contributed by atoms with van der Waals surface area (Å²) in [7, 11) is 1.47. The maximum Gasteiger partial charge on any atom is 0.340 e. The van der Waals surface area contributed by atoms with Crippen molar-refractivity contribution in [2.75, 3.05) is 20.2 Å². The Morgan fingerprint density at radius 1 is 1.08 bits per heavy atom. The summed E-state index contributed by atoms with van der Waals surface area (Å²) >= 11 is 0. The molecule has 138 valence electrons. The Morgan fingerprint density at radius 3 is 2.46 bits per heavy atom. The molecule has 0 aliphatic carbocycles. The first kappa shape index (κ1) is 19.2. The van der Waals surface area contributed by atoms with Crippen LogP contribution >= 0.6 is 0 Å². The second-order valence-electron chi connectivity index (χ2n) is 5.99. The SMILES string of the molecule is CNC(=O)CNC(=O)COC(=O)c1cc(C)n(-c2cccc(C)c2)c1C. The summed E-state index contributed by atoms with van der Waals surface area (Å²) in [6.45, 7) is 5.14. The van der Waals surface area contributed by atoms with Gasteiger partial charge in [0, 0.05) is 24.1 Å². The Bertz CT molecular complexity index is 839. The minimum Gasteiger partial charge on any atom is -0.452 e. The van der Waals surface area contributed by atoms with Gasteiger partial charge in [0.2, 0.25) is 5.91 Å². The fourth-order valence-corrected chi connectivity index (χ4v) is 2.66. The Kier molecular flexibility index (Phi) is 6.16. The normalized spacial score (nSPS) is 10.3. The van der Waals surface area contributed by atoms with E-state index in [1.165, 1.54) is 7.05 Å². The Balaban J connectivity index is 2.07. The molecule has 0 aliphatic rings. The van der Waals surface area contributed by atoms with E-state index in [1.54, 1.807) is 6.07 Å². The van der Waals surface area contributed by atoms with E-state index < -0.39 is 18.5 Å². The molecule has 2 N–H and O–H groups in total. The smallest absolute Gasteiger partial charge is 0.340 e. The number of carbonyl (C=O) groups excluding carboxylic acids is 3. The molecule has 2 aromatic rings. The number of hydrogen-bond donors (Lipinski definition) is 2. The lowest BCUT2D eigenvalue weighted by Gasteiger charge is -2.11. The summed E-state index contributed by atoms with van der Waals surface area (Å²) < 4.78 is 7.04. The molecule has 26 heavy (non-hydrogen) atoms. The average molecular weight is 357 g/mol. The van der Waals surface area contributed by atoms with Gasteiger partial charge in [-0.1, -0.05) is 12.1 Å². The van der Waals surface area contributed by atoms with Crippen LogP contribution in [0.3, 0.4) is 0 Å². The van der Waals surface area contributed by atoms with Crippen LogP contribution < -0.4 is 10.6 Å². The summed E-state index contributed by atoms with van der Waals surface area (Å²) in [6, 6.07) is 9.70. The summed E-state index contributed by atoms with van der Waals surface area (Å²) in [5, 5.41) is 4.75. The highest BCUT2D eigenvalue weighted by atomic mass is 16.5. The van der Waals surface area contributed by atoms with Gasteiger partial charge in [-0.05, 0) is 44.5 Å². The van der Waals surface area contributed by atoms with Gasteiger partial charge in [-0.2, -0.15) is 0 Å². The zero-order valence-electron chi connectivity index (χ0n) is 15.4. The molecule has 1 aromatic heterocycles. The number of ether oxygens (including phenoxy) is 1. The van der Waals surface area contributed by atoms with Gasteiger partial charge in [0.1, 0.15) is 0 Å². The monoisotopic (exact) mass is 357 g/mol. The van der Waals surface area contributed by atoms with Gasteiger partial charge in [0.05, 0.1) is 12.1 Å². The average Bonchev–Trinajstić information content (AvgIpc) is 2.91. The van der Waals surface area contributed by atoms with Crippen molar-refractivity contribution >= 4 is 17.8 Å². The van der Waals surface area contributed by atoms with E-state index in [9.17, 15) is 14.4 Å². The van der Waals surface area contributed by atoms with Crippen LogP contribution in [0.25, 0.3) is 5.69 Å². The third kappa shape index (κ3) is 4.50. The van der Waals surface area contributed by atoms with E-state index >= 15 is 0 Å². The molecule has 2 amide bonds. The van der Waals surface area contributed by atoms with E-state index in [2.05, 4.69) is 10.6 Å². The van der Waals surface area contributed by atoms with Gasteiger partial charge in [-0.15, -0.1) is 0 Å². The zero-order chi connectivity index (χ0) is 19.3. The van der Waals surface area contributed by atoms with Gasteiger partial charge in [-0.3, -0.25) is 9.59 Å². The summed E-state index contributed by atoms with van der Waals surface area (Å²) in [5.74, 6) is -1.44. The van der Waals surface area contributed by atoms with Crippen molar-refractivity contribution in [3.05, 3.63) is 52.8 Å². The third-order valence-electron chi connectivity index (χ3n) is 3.97. The zero-order valence-corrected chi connectivity index (χ0v) is 15.4. The number of likely N-dealkylation sites (N-methyl/N-ethyl adjacent to an activating group) is 1. The molecule has 0 saturated heterocycles. The highest BCUT2D eigenvalue weighted by molar-refractivity contribution is 5.93. The second kappa shape index (κ2) is 8.33. The topological polar surface area (TPSA) is 89.4 Å². The van der Waals surface area contributed by atoms with Crippen molar-refractivity contribution in [2.24, 2.45) is 0 Å². The summed E-state index contributed by atoms with van der Waals surface area (Å²) in [6.07, 6.45) is 0. The van der Waals surface area contributed by atoms with Gasteiger partial charge in [0.25, 0.3) is 5.91 Å². The molecular formula is C19H23N3O4. The third-order valence-corrected chi connectivity index (χ3v) is 3.97. The van der Waals surface area contributed by atoms with Gasteiger partial charge in [-0.25, -0.2) is 4.79 Å².